The average Bonchev–Trinajstić information content (AvgIpc) is 3.35. The Hall–Kier alpha value is -1.59. The van der Waals surface area contributed by atoms with Gasteiger partial charge in [-0.2, -0.15) is 0 Å². The minimum atomic E-state index is 0. The molecule has 0 radical (unpaired) electrons. The highest BCUT2D eigenvalue weighted by Crippen LogP contribution is 2.31. The Morgan fingerprint density at radius 2 is 1.87 bits per heavy atom. The molecule has 4 rings (SSSR count). The topological polar surface area (TPSA) is 70.2 Å². The van der Waals surface area contributed by atoms with Crippen LogP contribution in [0.3, 0.4) is 0 Å². The molecule has 0 spiro atoms. The first-order chi connectivity index (χ1) is 14.8. The molecular weight excluding hydrogens is 523 g/mol. The van der Waals surface area contributed by atoms with E-state index in [-0.39, 0.29) is 30.0 Å². The fourth-order valence-corrected chi connectivity index (χ4v) is 5.06. The number of aliphatic imine (C=N–C) groups is 1. The van der Waals surface area contributed by atoms with Crippen LogP contribution in [0.15, 0.2) is 40.8 Å². The van der Waals surface area contributed by atoms with Crippen molar-refractivity contribution in [1.82, 2.24) is 14.8 Å². The predicted octanol–water partition coefficient (Wildman–Crippen LogP) is 3.43. The lowest BCUT2D eigenvalue weighted by Crippen LogP contribution is -2.51. The molecule has 2 fully saturated rings. The minimum Gasteiger partial charge on any atom is -0.496 e. The van der Waals surface area contributed by atoms with Gasteiger partial charge in [-0.05, 0) is 32.0 Å². The maximum absolute atomic E-state index is 6.43. The number of para-hydroxylation sites is 1. The number of piperazine rings is 1. The molecule has 2 N–H and O–H groups in total. The van der Waals surface area contributed by atoms with Crippen molar-refractivity contribution >= 4 is 46.4 Å². The molecule has 1 aromatic carbocycles. The number of hydrogen-bond donors (Lipinski definition) is 1. The van der Waals surface area contributed by atoms with E-state index in [9.17, 15) is 0 Å². The Labute approximate surface area is 206 Å². The Kier molecular flexibility index (Phi) is 9.21. The minimum absolute atomic E-state index is 0. The first-order valence-corrected chi connectivity index (χ1v) is 11.7. The number of ether oxygens (including phenoxy) is 1. The highest BCUT2D eigenvalue weighted by Gasteiger charge is 2.25. The second-order valence-electron chi connectivity index (χ2n) is 7.84. The fraction of sp³-hybridized carbons (Fsp3) is 0.545. The van der Waals surface area contributed by atoms with E-state index in [4.69, 9.17) is 15.5 Å². The van der Waals surface area contributed by atoms with E-state index in [1.165, 1.54) is 24.8 Å². The van der Waals surface area contributed by atoms with Gasteiger partial charge in [0.1, 0.15) is 5.75 Å². The first kappa shape index (κ1) is 24.1. The Bertz CT molecular complexity index is 819. The summed E-state index contributed by atoms with van der Waals surface area (Å²) in [7, 11) is 1.74. The van der Waals surface area contributed by atoms with Crippen molar-refractivity contribution in [2.75, 3.05) is 57.8 Å². The number of nitrogens with zero attached hydrogens (tertiary/aromatic N) is 5. The molecule has 170 valence electrons. The van der Waals surface area contributed by atoms with Crippen molar-refractivity contribution in [3.05, 3.63) is 41.4 Å². The monoisotopic (exact) mass is 556 g/mol. The van der Waals surface area contributed by atoms with Gasteiger partial charge in [0.15, 0.2) is 11.1 Å². The van der Waals surface area contributed by atoms with Gasteiger partial charge in [0.05, 0.1) is 19.7 Å². The molecule has 9 heteroatoms. The van der Waals surface area contributed by atoms with Gasteiger partial charge in [0.2, 0.25) is 0 Å². The number of hydrogen-bond acceptors (Lipinski definition) is 6. The van der Waals surface area contributed by atoms with Crippen LogP contribution in [0.5, 0.6) is 5.75 Å². The lowest BCUT2D eigenvalue weighted by molar-refractivity contribution is 0.165. The molecule has 31 heavy (non-hydrogen) atoms. The number of piperidine rings is 1. The van der Waals surface area contributed by atoms with Gasteiger partial charge in [-0.1, -0.05) is 24.6 Å². The number of nitrogens with two attached hydrogens (primary N) is 1. The van der Waals surface area contributed by atoms with E-state index in [0.29, 0.717) is 12.5 Å². The number of methoxy groups -OCH3 is 1. The van der Waals surface area contributed by atoms with Crippen LogP contribution >= 0.6 is 35.3 Å². The normalized spacial score (nSPS) is 19.1. The van der Waals surface area contributed by atoms with Gasteiger partial charge in [-0.15, -0.1) is 35.3 Å². The molecule has 2 aromatic rings. The Morgan fingerprint density at radius 3 is 2.55 bits per heavy atom. The summed E-state index contributed by atoms with van der Waals surface area (Å²) in [6, 6.07) is 8.50. The molecule has 0 aliphatic carbocycles. The molecule has 7 nitrogen and oxygen atoms in total. The van der Waals surface area contributed by atoms with Crippen LogP contribution in [0.4, 0.5) is 5.13 Å². The van der Waals surface area contributed by atoms with E-state index in [2.05, 4.69) is 31.8 Å². The van der Waals surface area contributed by atoms with Gasteiger partial charge >= 0.3 is 0 Å². The summed E-state index contributed by atoms with van der Waals surface area (Å²) >= 11 is 1.69. The van der Waals surface area contributed by atoms with E-state index < -0.39 is 0 Å². The number of guanidine groups is 1. The predicted molar refractivity (Wildman–Crippen MR) is 139 cm³/mol. The SMILES string of the molecule is COc1ccccc1C(CN=C(N)N1CCN(c2nccs2)CC1)N1CCCCC1.I. The molecule has 1 aromatic heterocycles. The van der Waals surface area contributed by atoms with Crippen LogP contribution in [-0.2, 0) is 0 Å². The van der Waals surface area contributed by atoms with Gasteiger partial charge in [-0.25, -0.2) is 4.98 Å². The van der Waals surface area contributed by atoms with Gasteiger partial charge in [-0.3, -0.25) is 9.89 Å². The zero-order chi connectivity index (χ0) is 20.8. The van der Waals surface area contributed by atoms with Crippen molar-refractivity contribution in [2.45, 2.75) is 25.3 Å². The van der Waals surface area contributed by atoms with Crippen LogP contribution in [0.2, 0.25) is 0 Å². The van der Waals surface area contributed by atoms with Gasteiger partial charge in [0, 0.05) is 43.3 Å². The Morgan fingerprint density at radius 1 is 1.13 bits per heavy atom. The average molecular weight is 557 g/mol. The Balaban J connectivity index is 0.00000272. The van der Waals surface area contributed by atoms with Crippen molar-refractivity contribution in [1.29, 1.82) is 0 Å². The summed E-state index contributed by atoms with van der Waals surface area (Å²) in [5.74, 6) is 1.57. The molecule has 2 saturated heterocycles. The second-order valence-corrected chi connectivity index (χ2v) is 8.72. The standard InChI is InChI=1S/C22H32N6OS.HI/c1-29-20-8-4-3-7-18(20)19(26-10-5-2-6-11-26)17-25-21(23)27-12-14-28(15-13-27)22-24-9-16-30-22;/h3-4,7-9,16,19H,2,5-6,10-15,17H2,1H3,(H2,23,25);1H. The fourth-order valence-electron chi connectivity index (χ4n) is 4.36. The maximum Gasteiger partial charge on any atom is 0.191 e. The van der Waals surface area contributed by atoms with Crippen LogP contribution in [-0.4, -0.2) is 73.7 Å². The number of benzene rings is 1. The van der Waals surface area contributed by atoms with Crippen molar-refractivity contribution < 1.29 is 4.74 Å². The number of thiazole rings is 1. The third-order valence-corrected chi connectivity index (χ3v) is 6.88. The largest absolute Gasteiger partial charge is 0.496 e. The number of anilines is 1. The zero-order valence-corrected chi connectivity index (χ0v) is 21.3. The maximum atomic E-state index is 6.43. The number of likely N-dealkylation sites (tertiary alicyclic amines) is 1. The van der Waals surface area contributed by atoms with Gasteiger partial charge < -0.3 is 20.3 Å². The number of rotatable bonds is 6. The van der Waals surface area contributed by atoms with E-state index in [1.54, 1.807) is 18.4 Å². The van der Waals surface area contributed by atoms with Crippen molar-refractivity contribution in [2.24, 2.45) is 10.7 Å². The summed E-state index contributed by atoms with van der Waals surface area (Å²) in [5.41, 5.74) is 7.63. The van der Waals surface area contributed by atoms with E-state index in [0.717, 1.165) is 50.1 Å². The van der Waals surface area contributed by atoms with Crippen LogP contribution in [0.25, 0.3) is 0 Å². The lowest BCUT2D eigenvalue weighted by atomic mass is 10.0. The summed E-state index contributed by atoms with van der Waals surface area (Å²) in [6.45, 7) is 6.45. The van der Waals surface area contributed by atoms with Crippen LogP contribution in [0.1, 0.15) is 30.9 Å². The molecule has 1 unspecified atom stereocenters. The highest BCUT2D eigenvalue weighted by molar-refractivity contribution is 14.0. The quantitative estimate of drug-likeness (QED) is 0.334. The molecule has 0 amide bonds. The van der Waals surface area contributed by atoms with E-state index >= 15 is 0 Å². The second kappa shape index (κ2) is 11.9. The number of halogens is 1. The molecular formula is C22H33IN6OS. The number of aromatic nitrogens is 1. The van der Waals surface area contributed by atoms with Crippen molar-refractivity contribution in [3.63, 3.8) is 0 Å². The van der Waals surface area contributed by atoms with Gasteiger partial charge in [0.25, 0.3) is 0 Å². The smallest absolute Gasteiger partial charge is 0.191 e. The molecule has 2 aliphatic rings. The molecule has 0 bridgehead atoms. The lowest BCUT2D eigenvalue weighted by Gasteiger charge is -2.36. The third-order valence-electron chi connectivity index (χ3n) is 6.05. The van der Waals surface area contributed by atoms with Crippen LogP contribution < -0.4 is 15.4 Å². The van der Waals surface area contributed by atoms with Crippen molar-refractivity contribution in [3.8, 4) is 5.75 Å². The summed E-state index contributed by atoms with van der Waals surface area (Å²) in [4.78, 5) is 16.3. The first-order valence-electron chi connectivity index (χ1n) is 10.8. The molecule has 1 atom stereocenters. The van der Waals surface area contributed by atoms with E-state index in [1.807, 2.05) is 23.7 Å². The third kappa shape index (κ3) is 6.01. The van der Waals surface area contributed by atoms with Crippen LogP contribution in [0, 0.1) is 0 Å². The summed E-state index contributed by atoms with van der Waals surface area (Å²) in [5, 5.41) is 3.11. The highest BCUT2D eigenvalue weighted by atomic mass is 127. The molecule has 0 saturated carbocycles. The summed E-state index contributed by atoms with van der Waals surface area (Å²) in [6.07, 6.45) is 5.65. The molecule has 2 aliphatic heterocycles. The zero-order valence-electron chi connectivity index (χ0n) is 18.2. The molecule has 3 heterocycles. The summed E-state index contributed by atoms with van der Waals surface area (Å²) < 4.78 is 5.66.